The van der Waals surface area contributed by atoms with Gasteiger partial charge in [-0.3, -0.25) is 0 Å². The van der Waals surface area contributed by atoms with Crippen LogP contribution in [0.15, 0.2) is 77.7 Å². The predicted molar refractivity (Wildman–Crippen MR) is 93.8 cm³/mol. The Morgan fingerprint density at radius 3 is 2.30 bits per heavy atom. The lowest BCUT2D eigenvalue weighted by Gasteiger charge is -2.18. The second-order valence-corrected chi connectivity index (χ2v) is 6.15. The molecule has 120 valence electrons. The first kappa shape index (κ1) is 17.2. The molecular formula is C19H20O3S. The maximum absolute atomic E-state index is 11.8. The highest BCUT2D eigenvalue weighted by Gasteiger charge is 2.16. The van der Waals surface area contributed by atoms with Gasteiger partial charge in [0.25, 0.3) is 0 Å². The van der Waals surface area contributed by atoms with E-state index >= 15 is 0 Å². The summed E-state index contributed by atoms with van der Waals surface area (Å²) in [6.45, 7) is 5.57. The van der Waals surface area contributed by atoms with Crippen LogP contribution in [0.3, 0.4) is 0 Å². The van der Waals surface area contributed by atoms with Crippen molar-refractivity contribution in [1.29, 1.82) is 0 Å². The lowest BCUT2D eigenvalue weighted by atomic mass is 10.3. The number of hydrogen-bond acceptors (Lipinski definition) is 4. The van der Waals surface area contributed by atoms with Gasteiger partial charge in [0.1, 0.15) is 18.5 Å². The predicted octanol–water partition coefficient (Wildman–Crippen LogP) is 4.35. The molecule has 0 heterocycles. The van der Waals surface area contributed by atoms with Crippen molar-refractivity contribution in [2.24, 2.45) is 0 Å². The minimum Gasteiger partial charge on any atom is -0.490 e. The van der Waals surface area contributed by atoms with Gasteiger partial charge in [-0.25, -0.2) is 4.79 Å². The number of benzene rings is 2. The fourth-order valence-corrected chi connectivity index (χ4v) is 2.67. The van der Waals surface area contributed by atoms with Crippen LogP contribution in [0.5, 0.6) is 5.75 Å². The molecule has 23 heavy (non-hydrogen) atoms. The highest BCUT2D eigenvalue weighted by molar-refractivity contribution is 7.99. The van der Waals surface area contributed by atoms with Gasteiger partial charge >= 0.3 is 5.97 Å². The number of esters is 1. The van der Waals surface area contributed by atoms with Gasteiger partial charge in [-0.05, 0) is 31.2 Å². The molecule has 0 aromatic heterocycles. The molecule has 2 rings (SSSR count). The maximum Gasteiger partial charge on any atom is 0.333 e. The van der Waals surface area contributed by atoms with Gasteiger partial charge in [0, 0.05) is 16.2 Å². The Bertz CT molecular complexity index is 582. The molecular weight excluding hydrogens is 308 g/mol. The molecule has 2 aromatic carbocycles. The van der Waals surface area contributed by atoms with E-state index < -0.39 is 0 Å². The minimum absolute atomic E-state index is 0.308. The Labute approximate surface area is 141 Å². The van der Waals surface area contributed by atoms with Crippen LogP contribution < -0.4 is 4.74 Å². The number of thioether (sulfide) groups is 1. The molecule has 3 nitrogen and oxygen atoms in total. The molecule has 1 unspecified atom stereocenters. The molecule has 0 spiro atoms. The molecule has 0 saturated heterocycles. The number of carbonyl (C=O) groups excluding carboxylic acids is 1. The van der Waals surface area contributed by atoms with E-state index in [9.17, 15) is 4.79 Å². The number of para-hydroxylation sites is 1. The second-order valence-electron chi connectivity index (χ2n) is 5.06. The van der Waals surface area contributed by atoms with Crippen molar-refractivity contribution < 1.29 is 14.3 Å². The van der Waals surface area contributed by atoms with E-state index in [1.807, 2.05) is 60.7 Å². The third-order valence-electron chi connectivity index (χ3n) is 2.98. The first-order chi connectivity index (χ1) is 11.1. The van der Waals surface area contributed by atoms with Gasteiger partial charge in [0.15, 0.2) is 0 Å². The fourth-order valence-electron chi connectivity index (χ4n) is 1.78. The van der Waals surface area contributed by atoms with Gasteiger partial charge in [-0.15, -0.1) is 11.8 Å². The van der Waals surface area contributed by atoms with E-state index in [4.69, 9.17) is 9.47 Å². The molecule has 0 fully saturated rings. The molecule has 1 atom stereocenters. The summed E-state index contributed by atoms with van der Waals surface area (Å²) in [7, 11) is 0. The van der Waals surface area contributed by atoms with E-state index in [0.717, 1.165) is 10.6 Å². The average molecular weight is 328 g/mol. The Balaban J connectivity index is 1.93. The monoisotopic (exact) mass is 328 g/mol. The molecule has 0 aliphatic heterocycles. The largest absolute Gasteiger partial charge is 0.490 e. The summed E-state index contributed by atoms with van der Waals surface area (Å²) in [5.41, 5.74) is 0.388. The summed E-state index contributed by atoms with van der Waals surface area (Å²) in [4.78, 5) is 12.9. The van der Waals surface area contributed by atoms with Crippen molar-refractivity contribution in [3.63, 3.8) is 0 Å². The number of rotatable bonds is 8. The summed E-state index contributed by atoms with van der Waals surface area (Å²) in [6, 6.07) is 19.5. The van der Waals surface area contributed by atoms with Crippen LogP contribution in [-0.2, 0) is 9.53 Å². The van der Waals surface area contributed by atoms with Crippen LogP contribution >= 0.6 is 11.8 Å². The lowest BCUT2D eigenvalue weighted by Crippen LogP contribution is -2.27. The normalized spacial score (nSPS) is 11.5. The van der Waals surface area contributed by atoms with Crippen molar-refractivity contribution in [2.75, 3.05) is 12.4 Å². The van der Waals surface area contributed by atoms with Crippen LogP contribution in [-0.4, -0.2) is 24.4 Å². The average Bonchev–Trinajstić information content (AvgIpc) is 2.59. The summed E-state index contributed by atoms with van der Waals surface area (Å²) in [5.74, 6) is 0.990. The van der Waals surface area contributed by atoms with E-state index in [1.54, 1.807) is 18.7 Å². The van der Waals surface area contributed by atoms with Crippen LogP contribution in [0.4, 0.5) is 0 Å². The number of carbonyl (C=O) groups is 1. The molecule has 0 aliphatic rings. The highest BCUT2D eigenvalue weighted by atomic mass is 32.2. The van der Waals surface area contributed by atoms with Crippen molar-refractivity contribution >= 4 is 17.7 Å². The van der Waals surface area contributed by atoms with Gasteiger partial charge in [0.2, 0.25) is 0 Å². The van der Waals surface area contributed by atoms with Gasteiger partial charge < -0.3 is 9.47 Å². The van der Waals surface area contributed by atoms with Crippen molar-refractivity contribution in [1.82, 2.24) is 0 Å². The quantitative estimate of drug-likeness (QED) is 0.410. The zero-order valence-electron chi connectivity index (χ0n) is 13.1. The Kier molecular flexibility index (Phi) is 6.76. The van der Waals surface area contributed by atoms with E-state index in [0.29, 0.717) is 17.9 Å². The Hall–Kier alpha value is -2.20. The summed E-state index contributed by atoms with van der Waals surface area (Å²) in [5, 5.41) is 0. The smallest absolute Gasteiger partial charge is 0.333 e. The zero-order valence-corrected chi connectivity index (χ0v) is 13.9. The van der Waals surface area contributed by atoms with Crippen LogP contribution in [0.1, 0.15) is 6.92 Å². The minimum atomic E-state index is -0.389. The number of hydrogen-bond donors (Lipinski definition) is 0. The Morgan fingerprint density at radius 1 is 1.09 bits per heavy atom. The molecule has 0 saturated carbocycles. The van der Waals surface area contributed by atoms with Crippen LogP contribution in [0.25, 0.3) is 0 Å². The van der Waals surface area contributed by atoms with E-state index in [-0.39, 0.29) is 12.1 Å². The molecule has 2 aromatic rings. The molecule has 0 amide bonds. The molecule has 0 radical (unpaired) electrons. The standard InChI is InChI=1S/C19H20O3S/c1-15(2)19(20)22-17(13-21-16-9-5-3-6-10-16)14-23-18-11-7-4-8-12-18/h3-12,17H,1,13-14H2,2H3. The topological polar surface area (TPSA) is 35.5 Å². The highest BCUT2D eigenvalue weighted by Crippen LogP contribution is 2.20. The second kappa shape index (κ2) is 9.06. The summed E-state index contributed by atoms with van der Waals surface area (Å²) < 4.78 is 11.2. The van der Waals surface area contributed by atoms with Crippen molar-refractivity contribution in [2.45, 2.75) is 17.9 Å². The zero-order chi connectivity index (χ0) is 16.5. The van der Waals surface area contributed by atoms with Crippen LogP contribution in [0, 0.1) is 0 Å². The lowest BCUT2D eigenvalue weighted by molar-refractivity contribution is -0.144. The first-order valence-corrected chi connectivity index (χ1v) is 8.36. The van der Waals surface area contributed by atoms with E-state index in [1.165, 1.54) is 0 Å². The SMILES string of the molecule is C=C(C)C(=O)OC(COc1ccccc1)CSc1ccccc1. The van der Waals surface area contributed by atoms with E-state index in [2.05, 4.69) is 6.58 Å². The third-order valence-corrected chi connectivity index (χ3v) is 4.12. The molecule has 0 aliphatic carbocycles. The van der Waals surface area contributed by atoms with Crippen molar-refractivity contribution in [3.05, 3.63) is 72.8 Å². The molecule has 0 bridgehead atoms. The van der Waals surface area contributed by atoms with Gasteiger partial charge in [-0.2, -0.15) is 0 Å². The van der Waals surface area contributed by atoms with Crippen molar-refractivity contribution in [3.8, 4) is 5.75 Å². The summed E-state index contributed by atoms with van der Waals surface area (Å²) in [6.07, 6.45) is -0.343. The fraction of sp³-hybridized carbons (Fsp3) is 0.211. The maximum atomic E-state index is 11.8. The van der Waals surface area contributed by atoms with Gasteiger partial charge in [-0.1, -0.05) is 43.0 Å². The Morgan fingerprint density at radius 2 is 1.70 bits per heavy atom. The van der Waals surface area contributed by atoms with Crippen LogP contribution in [0.2, 0.25) is 0 Å². The summed E-state index contributed by atoms with van der Waals surface area (Å²) >= 11 is 1.63. The third kappa shape index (κ3) is 6.20. The molecule has 4 heteroatoms. The van der Waals surface area contributed by atoms with Gasteiger partial charge in [0.05, 0.1) is 0 Å². The molecule has 0 N–H and O–H groups in total. The number of ether oxygens (including phenoxy) is 2. The first-order valence-electron chi connectivity index (χ1n) is 7.37.